The Bertz CT molecular complexity index is 2040. The second-order valence-electron chi connectivity index (χ2n) is 15.3. The maximum absolute atomic E-state index is 12.7. The normalized spacial score (nSPS) is 20.6. The fourth-order valence-corrected chi connectivity index (χ4v) is 8.75. The van der Waals surface area contributed by atoms with Crippen molar-refractivity contribution < 1.29 is 90.0 Å². The number of alkyl carbamates (subject to hydrolysis) is 1. The van der Waals surface area contributed by atoms with Crippen LogP contribution in [0.1, 0.15) is 53.7 Å². The topological polar surface area (TPSA) is 414 Å². The highest BCUT2D eigenvalue weighted by Gasteiger charge is 2.50. The third kappa shape index (κ3) is 18.6. The number of nitrogen functional groups attached to an aromatic ring is 1. The van der Waals surface area contributed by atoms with E-state index in [1.165, 1.54) is 25.6 Å². The molecule has 3 heterocycles. The van der Waals surface area contributed by atoms with Gasteiger partial charge in [-0.05, 0) is 27.2 Å². The number of hydrogen-bond donors (Lipinski definition) is 11. The summed E-state index contributed by atoms with van der Waals surface area (Å²) < 4.78 is 67.3. The predicted octanol–water partition coefficient (Wildman–Crippen LogP) is -0.831. The summed E-state index contributed by atoms with van der Waals surface area (Å²) in [5, 5.41) is 31.7. The highest BCUT2D eigenvalue weighted by molar-refractivity contribution is 7.99. The van der Waals surface area contributed by atoms with Gasteiger partial charge in [0.2, 0.25) is 17.7 Å². The number of fused-ring (bicyclic) bond motifs is 1. The Morgan fingerprint density at radius 1 is 0.921 bits per heavy atom. The SMILES string of the molecule is CC(C)(C)OC(=O)NCCCNC(=O)CSCCNC(=O)CCNC(=O)[C@H](O)C(C)(C)COP(=O)(O)OP(=O)(O)OC[C@H]1O[C@@H](n2cnc3c(N)ncnc32)[C@H](O)[C@@H]1OP(=O)(O)O. The van der Waals surface area contributed by atoms with Gasteiger partial charge in [-0.1, -0.05) is 13.8 Å². The van der Waals surface area contributed by atoms with Crippen molar-refractivity contribution >= 4 is 76.0 Å². The molecule has 12 N–H and O–H groups in total. The molecule has 0 spiro atoms. The van der Waals surface area contributed by atoms with Gasteiger partial charge in [0, 0.05) is 43.8 Å². The molecular weight excluding hydrogens is 927 g/mol. The number of nitrogens with one attached hydrogen (secondary N) is 4. The summed E-state index contributed by atoms with van der Waals surface area (Å²) in [6, 6.07) is 0. The van der Waals surface area contributed by atoms with Gasteiger partial charge in [0.05, 0.1) is 25.3 Å². The van der Waals surface area contributed by atoms with E-state index in [9.17, 15) is 62.7 Å². The summed E-state index contributed by atoms with van der Waals surface area (Å²) in [4.78, 5) is 99.5. The first-order valence-corrected chi connectivity index (χ1v) is 24.5. The minimum atomic E-state index is -5.59. The number of carbonyl (C=O) groups is 4. The van der Waals surface area contributed by atoms with E-state index in [2.05, 4.69) is 45.1 Å². The Labute approximate surface area is 364 Å². The average molecular weight is 982 g/mol. The summed E-state index contributed by atoms with van der Waals surface area (Å²) in [6.45, 7) is 6.33. The number of aromatic nitrogens is 4. The zero-order valence-corrected chi connectivity index (χ0v) is 38.2. The van der Waals surface area contributed by atoms with Crippen molar-refractivity contribution in [3.05, 3.63) is 12.7 Å². The summed E-state index contributed by atoms with van der Waals surface area (Å²) in [6.07, 6.45) is -7.05. The Morgan fingerprint density at radius 2 is 1.57 bits per heavy atom. The van der Waals surface area contributed by atoms with E-state index < -0.39 is 96.2 Å². The number of phosphoric ester groups is 3. The van der Waals surface area contributed by atoms with E-state index in [0.29, 0.717) is 25.3 Å². The molecule has 63 heavy (non-hydrogen) atoms. The van der Waals surface area contributed by atoms with Gasteiger partial charge in [0.1, 0.15) is 41.9 Å². The highest BCUT2D eigenvalue weighted by atomic mass is 32.2. The van der Waals surface area contributed by atoms with Gasteiger partial charge in [-0.3, -0.25) is 32.5 Å². The molecule has 2 unspecified atom stereocenters. The first-order chi connectivity index (χ1) is 29.1. The summed E-state index contributed by atoms with van der Waals surface area (Å²) >= 11 is 1.27. The fraction of sp³-hybridized carbons (Fsp3) is 0.710. The van der Waals surface area contributed by atoms with Crippen LogP contribution in [0.4, 0.5) is 10.6 Å². The molecule has 7 atom stereocenters. The molecule has 28 nitrogen and oxygen atoms in total. The monoisotopic (exact) mass is 981 g/mol. The van der Waals surface area contributed by atoms with Gasteiger partial charge in [0.15, 0.2) is 17.7 Å². The third-order valence-electron chi connectivity index (χ3n) is 8.22. The molecule has 1 aliphatic heterocycles. The van der Waals surface area contributed by atoms with Gasteiger partial charge in [-0.2, -0.15) is 16.1 Å². The van der Waals surface area contributed by atoms with Crippen LogP contribution in [-0.2, 0) is 55.4 Å². The van der Waals surface area contributed by atoms with E-state index >= 15 is 0 Å². The minimum Gasteiger partial charge on any atom is -0.444 e. The number of amides is 4. The molecule has 0 bridgehead atoms. The van der Waals surface area contributed by atoms with Gasteiger partial charge >= 0.3 is 29.6 Å². The van der Waals surface area contributed by atoms with Crippen molar-refractivity contribution in [2.45, 2.75) is 83.7 Å². The fourth-order valence-electron chi connectivity index (χ4n) is 5.24. The molecule has 358 valence electrons. The van der Waals surface area contributed by atoms with Crippen molar-refractivity contribution in [1.82, 2.24) is 40.8 Å². The van der Waals surface area contributed by atoms with Crippen molar-refractivity contribution in [3.63, 3.8) is 0 Å². The molecular formula is C31H54N9O19P3S. The number of phosphoric acid groups is 3. The van der Waals surface area contributed by atoms with E-state index in [-0.39, 0.29) is 48.2 Å². The number of rotatable bonds is 25. The summed E-state index contributed by atoms with van der Waals surface area (Å²) in [7, 11) is -16.4. The average Bonchev–Trinajstić information content (AvgIpc) is 3.71. The van der Waals surface area contributed by atoms with Crippen LogP contribution < -0.4 is 27.0 Å². The van der Waals surface area contributed by atoms with Crippen LogP contribution in [0.3, 0.4) is 0 Å². The van der Waals surface area contributed by atoms with Crippen molar-refractivity contribution in [2.24, 2.45) is 5.41 Å². The maximum atomic E-state index is 12.7. The van der Waals surface area contributed by atoms with Crippen molar-refractivity contribution in [2.75, 3.05) is 56.6 Å². The van der Waals surface area contributed by atoms with Gasteiger partial charge in [-0.25, -0.2) is 33.4 Å². The number of aliphatic hydroxyl groups is 2. The van der Waals surface area contributed by atoms with Gasteiger partial charge < -0.3 is 66.3 Å². The molecule has 1 saturated heterocycles. The maximum Gasteiger partial charge on any atom is 0.481 e. The molecule has 3 rings (SSSR count). The molecule has 0 aliphatic carbocycles. The molecule has 4 amide bonds. The second-order valence-corrected chi connectivity index (χ2v) is 20.6. The standard InChI is InChI=1S/C31H54N9O19P3S/c1-30(2,3)57-29(46)36-9-6-8-33-20(42)14-63-12-11-34-19(41)7-10-35-27(45)24(44)31(4,5)15-55-62(52,53)59-61(50,51)54-13-18-23(58-60(47,48)49)22(43)28(56-18)40-17-39-21-25(32)37-16-38-26(21)40/h16-18,22-24,28,43-44H,6-15H2,1-5H3,(H,33,42)(H,34,41)(H,35,45)(H,36,46)(H,50,51)(H,52,53)(H2,32,37,38)(H2,47,48,49)/t18-,22-,23-,24+,28-/m1/s1. The Hall–Kier alpha value is -3.37. The molecule has 0 radical (unpaired) electrons. The lowest BCUT2D eigenvalue weighted by molar-refractivity contribution is -0.137. The lowest BCUT2D eigenvalue weighted by atomic mass is 9.87. The van der Waals surface area contributed by atoms with Crippen molar-refractivity contribution in [1.29, 1.82) is 0 Å². The van der Waals surface area contributed by atoms with Gasteiger partial charge in [-0.15, -0.1) is 0 Å². The molecule has 2 aromatic rings. The number of anilines is 1. The Kier molecular flexibility index (Phi) is 19.9. The first-order valence-electron chi connectivity index (χ1n) is 18.8. The number of carbonyl (C=O) groups excluding carboxylic acids is 4. The van der Waals surface area contributed by atoms with Crippen LogP contribution in [0.25, 0.3) is 11.2 Å². The van der Waals surface area contributed by atoms with Crippen LogP contribution >= 0.6 is 35.2 Å². The molecule has 1 aliphatic rings. The molecule has 2 aromatic heterocycles. The van der Waals surface area contributed by atoms with E-state index in [0.717, 1.165) is 17.2 Å². The molecule has 1 fully saturated rings. The van der Waals surface area contributed by atoms with Crippen LogP contribution in [0.15, 0.2) is 12.7 Å². The van der Waals surface area contributed by atoms with E-state index in [1.54, 1.807) is 20.8 Å². The third-order valence-corrected chi connectivity index (χ3v) is 12.3. The lowest BCUT2D eigenvalue weighted by Gasteiger charge is -2.30. The van der Waals surface area contributed by atoms with Crippen LogP contribution in [0, 0.1) is 5.41 Å². The van der Waals surface area contributed by atoms with E-state index in [4.69, 9.17) is 24.3 Å². The Balaban J connectivity index is 1.37. The largest absolute Gasteiger partial charge is 0.481 e. The smallest absolute Gasteiger partial charge is 0.444 e. The zero-order chi connectivity index (χ0) is 47.4. The Morgan fingerprint density at radius 3 is 2.24 bits per heavy atom. The number of nitrogens with two attached hydrogens (primary N) is 1. The van der Waals surface area contributed by atoms with E-state index in [1.807, 2.05) is 0 Å². The number of imidazole rings is 1. The van der Waals surface area contributed by atoms with Crippen LogP contribution in [-0.4, -0.2) is 154 Å². The number of ether oxygens (including phenoxy) is 2. The summed E-state index contributed by atoms with van der Waals surface area (Å²) in [5.41, 5.74) is 3.62. The quantitative estimate of drug-likeness (QED) is 0.0427. The van der Waals surface area contributed by atoms with Crippen LogP contribution in [0.5, 0.6) is 0 Å². The minimum absolute atomic E-state index is 0.0234. The molecule has 0 saturated carbocycles. The lowest BCUT2D eigenvalue weighted by Crippen LogP contribution is -2.46. The first kappa shape index (κ1) is 54.0. The number of hydrogen-bond acceptors (Lipinski definition) is 20. The van der Waals surface area contributed by atoms with Gasteiger partial charge in [0.25, 0.3) is 0 Å². The van der Waals surface area contributed by atoms with Crippen molar-refractivity contribution in [3.8, 4) is 0 Å². The number of aliphatic hydroxyl groups excluding tert-OH is 2. The number of thioether (sulfide) groups is 1. The summed E-state index contributed by atoms with van der Waals surface area (Å²) in [5.74, 6) is -1.18. The zero-order valence-electron chi connectivity index (χ0n) is 34.7. The molecule has 0 aromatic carbocycles. The highest BCUT2D eigenvalue weighted by Crippen LogP contribution is 2.61. The second kappa shape index (κ2) is 23.2. The number of nitrogens with zero attached hydrogens (tertiary/aromatic N) is 4. The predicted molar refractivity (Wildman–Crippen MR) is 219 cm³/mol. The molecule has 32 heteroatoms. The van der Waals surface area contributed by atoms with Crippen LogP contribution in [0.2, 0.25) is 0 Å².